The molecule has 1 rings (SSSR count). The minimum atomic E-state index is -0.202. The summed E-state index contributed by atoms with van der Waals surface area (Å²) in [7, 11) is 1.60. The van der Waals surface area contributed by atoms with E-state index in [0.29, 0.717) is 10.0 Å². The molecule has 0 aromatic carbocycles. The fourth-order valence-electron chi connectivity index (χ4n) is 0.442. The van der Waals surface area contributed by atoms with Crippen LogP contribution in [0.3, 0.4) is 0 Å². The molecule has 9 heavy (non-hydrogen) atoms. The summed E-state index contributed by atoms with van der Waals surface area (Å²) in [5, 5.41) is 0. The van der Waals surface area contributed by atoms with E-state index in [0.717, 1.165) is 0 Å². The monoisotopic (exact) mass is 163 g/mol. The van der Waals surface area contributed by atoms with E-state index in [1.165, 1.54) is 10.8 Å². The van der Waals surface area contributed by atoms with Gasteiger partial charge in [-0.1, -0.05) is 0 Å². The Labute approximate surface area is 62.2 Å². The van der Waals surface area contributed by atoms with Crippen LogP contribution in [0.2, 0.25) is 0 Å². The molecule has 0 radical (unpaired) electrons. The molecular weight excluding hydrogens is 155 g/mol. The Morgan fingerprint density at radius 2 is 2.67 bits per heavy atom. The molecule has 0 saturated carbocycles. The number of hydrogen-bond donors (Lipinski definition) is 1. The molecule has 4 heteroatoms. The Morgan fingerprint density at radius 3 is 3.22 bits per heavy atom. The average molecular weight is 163 g/mol. The van der Waals surface area contributed by atoms with E-state index in [2.05, 4.69) is 22.0 Å². The van der Waals surface area contributed by atoms with Crippen LogP contribution in [0.15, 0.2) is 17.0 Å². The third kappa shape index (κ3) is 1.43. The van der Waals surface area contributed by atoms with Gasteiger partial charge in [-0.2, -0.15) is 0 Å². The van der Waals surface area contributed by atoms with Crippen molar-refractivity contribution in [1.29, 1.82) is 0 Å². The van der Waals surface area contributed by atoms with E-state index < -0.39 is 0 Å². The van der Waals surface area contributed by atoms with Crippen molar-refractivity contribution < 1.29 is 18.3 Å². The molecule has 0 aliphatic carbocycles. The average Bonchev–Trinajstić information content (AvgIpc) is 1.84. The summed E-state index contributed by atoms with van der Waals surface area (Å²) >= 11 is 2.14. The molecule has 47 valence electrons. The molecule has 0 unspecified atom stereocenters. The molecule has 0 saturated heterocycles. The third-order valence-corrected chi connectivity index (χ3v) is 1.32. The molecular formula is C5H6N2OV. The van der Waals surface area contributed by atoms with Crippen LogP contribution in [-0.2, 0) is 24.0 Å². The predicted molar refractivity (Wildman–Crippen MR) is 29.3 cm³/mol. The Balaban J connectivity index is 3.59. The van der Waals surface area contributed by atoms with Crippen LogP contribution in [0.4, 0.5) is 0 Å². The molecule has 0 bridgehead atoms. The van der Waals surface area contributed by atoms with Crippen LogP contribution in [-0.4, -0.2) is 9.55 Å². The number of aromatic amines is 1. The normalized spacial score (nSPS) is 10.9. The van der Waals surface area contributed by atoms with Crippen LogP contribution in [0.5, 0.6) is 0 Å². The van der Waals surface area contributed by atoms with Crippen molar-refractivity contribution in [2.75, 3.05) is 0 Å². The third-order valence-electron chi connectivity index (χ3n) is 0.941. The molecule has 0 aliphatic rings. The molecule has 1 aromatic rings. The second-order valence-corrected chi connectivity index (χ2v) is 2.36. The van der Waals surface area contributed by atoms with Gasteiger partial charge in [-0.25, -0.2) is 0 Å². The number of aryl methyl sites for hydroxylation is 1. The van der Waals surface area contributed by atoms with E-state index in [1.54, 1.807) is 7.05 Å². The van der Waals surface area contributed by atoms with Crippen LogP contribution < -0.4 is 5.69 Å². The zero-order valence-electron chi connectivity index (χ0n) is 5.88. The maximum atomic E-state index is 10.8. The fraction of sp³-hybridized carbons (Fsp3) is 0.200. The van der Waals surface area contributed by atoms with Gasteiger partial charge in [0.25, 0.3) is 0 Å². The Kier molecular flexibility index (Phi) is 1.39. The summed E-state index contributed by atoms with van der Waals surface area (Å²) < 4.78 is 9.12. The standard InChI is InChI=1S/C5H6N2O.V/c1-7-4-2-3-6-5(7)8;/h2,4H,1H3,(H,6,8);/i2T;. The minimum absolute atomic E-state index is 0.202. The number of nitrogens with one attached hydrogen (secondary N) is 1. The molecule has 0 atom stereocenters. The number of rotatable bonds is 0. The fourth-order valence-corrected chi connectivity index (χ4v) is 0.682. The first-order valence-electron chi connectivity index (χ1n) is 2.90. The molecule has 1 aromatic heterocycles. The summed E-state index contributed by atoms with van der Waals surface area (Å²) in [6, 6.07) is 0.321. The van der Waals surface area contributed by atoms with Crippen LogP contribution in [0.1, 0.15) is 1.37 Å². The van der Waals surface area contributed by atoms with E-state index in [-0.39, 0.29) is 5.69 Å². The Hall–Kier alpha value is -0.536. The van der Waals surface area contributed by atoms with E-state index in [9.17, 15) is 4.79 Å². The molecule has 0 spiro atoms. The van der Waals surface area contributed by atoms with Gasteiger partial charge < -0.3 is 0 Å². The van der Waals surface area contributed by atoms with E-state index in [4.69, 9.17) is 1.37 Å². The van der Waals surface area contributed by atoms with Crippen molar-refractivity contribution in [2.45, 2.75) is 0 Å². The van der Waals surface area contributed by atoms with Crippen molar-refractivity contribution in [1.82, 2.24) is 9.55 Å². The van der Waals surface area contributed by atoms with Gasteiger partial charge in [0.05, 0.1) is 0 Å². The van der Waals surface area contributed by atoms with Crippen molar-refractivity contribution in [3.63, 3.8) is 0 Å². The molecule has 0 amide bonds. The van der Waals surface area contributed by atoms with Crippen molar-refractivity contribution in [3.05, 3.63) is 26.7 Å². The number of aromatic nitrogens is 2. The first kappa shape index (κ1) is 5.27. The molecule has 1 N–H and O–H groups in total. The van der Waals surface area contributed by atoms with Crippen molar-refractivity contribution in [2.24, 2.45) is 7.05 Å². The second-order valence-electron chi connectivity index (χ2n) is 1.66. The first-order chi connectivity index (χ1) is 4.61. The summed E-state index contributed by atoms with van der Waals surface area (Å²) in [5.74, 6) is 0. The van der Waals surface area contributed by atoms with Gasteiger partial charge in [-0.05, 0) is 0 Å². The summed E-state index contributed by atoms with van der Waals surface area (Å²) in [4.78, 5) is 13.3. The van der Waals surface area contributed by atoms with Gasteiger partial charge in [0.2, 0.25) is 0 Å². The second kappa shape index (κ2) is 2.37. The molecule has 3 nitrogen and oxygen atoms in total. The number of nitrogens with zero attached hydrogens (tertiary/aromatic N) is 1. The Bertz CT molecular complexity index is 322. The zero-order valence-corrected chi connectivity index (χ0v) is 6.28. The van der Waals surface area contributed by atoms with Gasteiger partial charge in [0.1, 0.15) is 0 Å². The van der Waals surface area contributed by atoms with Gasteiger partial charge in [0, 0.05) is 0 Å². The number of H-pyrrole nitrogens is 1. The maximum absolute atomic E-state index is 10.8. The first-order valence-corrected chi connectivity index (χ1v) is 3.09. The van der Waals surface area contributed by atoms with Crippen LogP contribution in [0, 0.1) is 4.00 Å². The summed E-state index contributed by atoms with van der Waals surface area (Å²) in [5.41, 5.74) is -0.202. The quantitative estimate of drug-likeness (QED) is 0.564. The van der Waals surface area contributed by atoms with Gasteiger partial charge in [0.15, 0.2) is 0 Å². The number of hydrogen-bond acceptors (Lipinski definition) is 1. The van der Waals surface area contributed by atoms with Gasteiger partial charge in [-0.3, -0.25) is 0 Å². The van der Waals surface area contributed by atoms with Crippen molar-refractivity contribution >= 4 is 0 Å². The SMILES string of the molecule is [3H]c1cn(C)c(=O)[nH][c]1=[V]. The van der Waals surface area contributed by atoms with Crippen molar-refractivity contribution in [3.8, 4) is 0 Å². The topological polar surface area (TPSA) is 37.8 Å². The zero-order chi connectivity index (χ0) is 7.72. The Morgan fingerprint density at radius 1 is 2.00 bits per heavy atom. The predicted octanol–water partition coefficient (Wildman–Crippen LogP) is -0.208. The molecule has 1 heterocycles. The van der Waals surface area contributed by atoms with Crippen LogP contribution in [0.25, 0.3) is 0 Å². The van der Waals surface area contributed by atoms with E-state index >= 15 is 0 Å². The summed E-state index contributed by atoms with van der Waals surface area (Å²) in [6.07, 6.45) is 1.46. The van der Waals surface area contributed by atoms with E-state index in [1.807, 2.05) is 0 Å². The molecule has 0 fully saturated rings. The van der Waals surface area contributed by atoms with Gasteiger partial charge in [-0.15, -0.1) is 0 Å². The molecule has 0 aliphatic heterocycles. The van der Waals surface area contributed by atoms with Gasteiger partial charge >= 0.3 is 61.7 Å². The van der Waals surface area contributed by atoms with Crippen LogP contribution >= 0.6 is 0 Å². The summed E-state index contributed by atoms with van der Waals surface area (Å²) in [6.45, 7) is 0.